The number of rotatable bonds is 4. The molecule has 0 heterocycles. The summed E-state index contributed by atoms with van der Waals surface area (Å²) in [5.41, 5.74) is 3.37. The van der Waals surface area contributed by atoms with Crippen LogP contribution in [0.3, 0.4) is 0 Å². The lowest BCUT2D eigenvalue weighted by Gasteiger charge is -2.13. The van der Waals surface area contributed by atoms with Crippen LogP contribution in [0.1, 0.15) is 15.9 Å². The van der Waals surface area contributed by atoms with E-state index in [1.54, 1.807) is 7.11 Å². The topological polar surface area (TPSA) is 26.3 Å². The molecule has 0 amide bonds. The Hall–Kier alpha value is -3.39. The van der Waals surface area contributed by atoms with Crippen LogP contribution in [0.5, 0.6) is 5.75 Å². The average Bonchev–Trinajstić information content (AvgIpc) is 2.73. The smallest absolute Gasteiger partial charge is 0.194 e. The summed E-state index contributed by atoms with van der Waals surface area (Å²) >= 11 is 0. The van der Waals surface area contributed by atoms with Crippen LogP contribution >= 0.6 is 0 Å². The van der Waals surface area contributed by atoms with Crippen molar-refractivity contribution in [2.45, 2.75) is 0 Å². The maximum absolute atomic E-state index is 13.4. The third-order valence-corrected chi connectivity index (χ3v) is 4.59. The molecule has 126 valence electrons. The number of hydrogen-bond acceptors (Lipinski definition) is 2. The van der Waals surface area contributed by atoms with Crippen molar-refractivity contribution in [3.8, 4) is 16.9 Å². The van der Waals surface area contributed by atoms with Crippen molar-refractivity contribution in [2.24, 2.45) is 0 Å². The lowest BCUT2D eigenvalue weighted by atomic mass is 9.89. The molecule has 0 aliphatic heterocycles. The second-order valence-corrected chi connectivity index (χ2v) is 6.13. The first-order valence-electron chi connectivity index (χ1n) is 8.54. The molecule has 0 fully saturated rings. The molecule has 2 nitrogen and oxygen atoms in total. The molecule has 4 aromatic rings. The number of ketones is 1. The minimum Gasteiger partial charge on any atom is -0.497 e. The zero-order valence-corrected chi connectivity index (χ0v) is 14.5. The standard InChI is InChI=1S/C24H18O2/c1-26-20-14-11-19(12-15-20)24(25)23-21-10-6-5-9-18(21)13-16-22(23)17-7-3-2-4-8-17/h2-16H,1H3. The van der Waals surface area contributed by atoms with Gasteiger partial charge < -0.3 is 4.74 Å². The third-order valence-electron chi connectivity index (χ3n) is 4.59. The Morgan fingerprint density at radius 3 is 2.15 bits per heavy atom. The summed E-state index contributed by atoms with van der Waals surface area (Å²) in [4.78, 5) is 13.4. The Kier molecular flexibility index (Phi) is 4.24. The van der Waals surface area contributed by atoms with E-state index in [9.17, 15) is 4.79 Å². The van der Waals surface area contributed by atoms with E-state index >= 15 is 0 Å². The molecule has 0 N–H and O–H groups in total. The van der Waals surface area contributed by atoms with Gasteiger partial charge in [-0.2, -0.15) is 0 Å². The summed E-state index contributed by atoms with van der Waals surface area (Å²) in [5.74, 6) is 0.756. The molecule has 0 bridgehead atoms. The van der Waals surface area contributed by atoms with E-state index in [1.807, 2.05) is 84.9 Å². The van der Waals surface area contributed by atoms with Gasteiger partial charge in [-0.1, -0.05) is 66.7 Å². The zero-order valence-electron chi connectivity index (χ0n) is 14.5. The fourth-order valence-corrected chi connectivity index (χ4v) is 3.26. The Bertz CT molecular complexity index is 1060. The van der Waals surface area contributed by atoms with Gasteiger partial charge in [0.05, 0.1) is 7.11 Å². The van der Waals surface area contributed by atoms with Crippen molar-refractivity contribution in [3.63, 3.8) is 0 Å². The Balaban J connectivity index is 1.95. The molecular weight excluding hydrogens is 320 g/mol. The fraction of sp³-hybridized carbons (Fsp3) is 0.0417. The minimum absolute atomic E-state index is 0.0170. The van der Waals surface area contributed by atoms with Crippen LogP contribution in [0.25, 0.3) is 21.9 Å². The van der Waals surface area contributed by atoms with Crippen molar-refractivity contribution in [2.75, 3.05) is 7.11 Å². The van der Waals surface area contributed by atoms with Crippen LogP contribution in [0.15, 0.2) is 91.0 Å². The molecule has 4 aromatic carbocycles. The van der Waals surface area contributed by atoms with Crippen molar-refractivity contribution >= 4 is 16.6 Å². The number of fused-ring (bicyclic) bond motifs is 1. The summed E-state index contributed by atoms with van der Waals surface area (Å²) in [6.07, 6.45) is 0. The predicted molar refractivity (Wildman–Crippen MR) is 106 cm³/mol. The quantitative estimate of drug-likeness (QED) is 0.443. The molecule has 2 heteroatoms. The maximum atomic E-state index is 13.4. The molecule has 0 saturated carbocycles. The molecule has 0 atom stereocenters. The lowest BCUT2D eigenvalue weighted by Crippen LogP contribution is -2.05. The third kappa shape index (κ3) is 2.86. The summed E-state index contributed by atoms with van der Waals surface area (Å²) < 4.78 is 5.21. The van der Waals surface area contributed by atoms with Crippen LogP contribution in [-0.2, 0) is 0 Å². The molecule has 0 aliphatic carbocycles. The van der Waals surface area contributed by atoms with Gasteiger partial charge in [-0.25, -0.2) is 0 Å². The van der Waals surface area contributed by atoms with Gasteiger partial charge in [0.15, 0.2) is 5.78 Å². The Morgan fingerprint density at radius 1 is 0.731 bits per heavy atom. The zero-order chi connectivity index (χ0) is 17.9. The first-order chi connectivity index (χ1) is 12.8. The molecule has 0 aromatic heterocycles. The van der Waals surface area contributed by atoms with Gasteiger partial charge in [0, 0.05) is 11.1 Å². The number of ether oxygens (including phenoxy) is 1. The van der Waals surface area contributed by atoms with E-state index in [1.165, 1.54) is 0 Å². The van der Waals surface area contributed by atoms with Crippen LogP contribution in [-0.4, -0.2) is 12.9 Å². The van der Waals surface area contributed by atoms with E-state index in [2.05, 4.69) is 6.07 Å². The average molecular weight is 338 g/mol. The highest BCUT2D eigenvalue weighted by molar-refractivity contribution is 6.20. The van der Waals surface area contributed by atoms with Crippen molar-refractivity contribution in [3.05, 3.63) is 102 Å². The van der Waals surface area contributed by atoms with Gasteiger partial charge in [-0.05, 0) is 46.2 Å². The Morgan fingerprint density at radius 2 is 1.42 bits per heavy atom. The molecule has 0 aliphatic rings. The van der Waals surface area contributed by atoms with Crippen molar-refractivity contribution < 1.29 is 9.53 Å². The van der Waals surface area contributed by atoms with Gasteiger partial charge in [0.2, 0.25) is 0 Å². The minimum atomic E-state index is 0.0170. The predicted octanol–water partition coefficient (Wildman–Crippen LogP) is 5.75. The second-order valence-electron chi connectivity index (χ2n) is 6.13. The number of benzene rings is 4. The SMILES string of the molecule is COc1ccc(C(=O)c2c(-c3ccccc3)ccc3ccccc23)cc1. The maximum Gasteiger partial charge on any atom is 0.194 e. The number of carbonyl (C=O) groups is 1. The first kappa shape index (κ1) is 16.1. The van der Waals surface area contributed by atoms with Crippen LogP contribution in [0.4, 0.5) is 0 Å². The highest BCUT2D eigenvalue weighted by Crippen LogP contribution is 2.32. The van der Waals surface area contributed by atoms with Gasteiger partial charge in [0.25, 0.3) is 0 Å². The van der Waals surface area contributed by atoms with E-state index < -0.39 is 0 Å². The molecule has 0 spiro atoms. The van der Waals surface area contributed by atoms with Crippen LogP contribution in [0, 0.1) is 0 Å². The lowest BCUT2D eigenvalue weighted by molar-refractivity contribution is 0.104. The summed E-state index contributed by atoms with van der Waals surface area (Å²) in [6, 6.07) is 29.4. The largest absolute Gasteiger partial charge is 0.497 e. The highest BCUT2D eigenvalue weighted by atomic mass is 16.5. The fourth-order valence-electron chi connectivity index (χ4n) is 3.26. The summed E-state index contributed by atoms with van der Waals surface area (Å²) in [6.45, 7) is 0. The molecule has 0 unspecified atom stereocenters. The van der Waals surface area contributed by atoms with Crippen molar-refractivity contribution in [1.29, 1.82) is 0 Å². The summed E-state index contributed by atoms with van der Waals surface area (Å²) in [7, 11) is 1.62. The molecule has 26 heavy (non-hydrogen) atoms. The van der Waals surface area contributed by atoms with Crippen LogP contribution in [0.2, 0.25) is 0 Å². The molecule has 0 saturated heterocycles. The van der Waals surface area contributed by atoms with Crippen LogP contribution < -0.4 is 4.74 Å². The Labute approximate surface area is 152 Å². The van der Waals surface area contributed by atoms with Gasteiger partial charge in [0.1, 0.15) is 5.75 Å². The summed E-state index contributed by atoms with van der Waals surface area (Å²) in [5, 5.41) is 2.03. The highest BCUT2D eigenvalue weighted by Gasteiger charge is 2.18. The normalized spacial score (nSPS) is 10.7. The van der Waals surface area contributed by atoms with Gasteiger partial charge in [-0.15, -0.1) is 0 Å². The second kappa shape index (κ2) is 6.85. The number of carbonyl (C=O) groups excluding carboxylic acids is 1. The molecule has 4 rings (SSSR count). The first-order valence-corrected chi connectivity index (χ1v) is 8.54. The molecule has 0 radical (unpaired) electrons. The van der Waals surface area contributed by atoms with E-state index in [0.29, 0.717) is 5.56 Å². The van der Waals surface area contributed by atoms with E-state index in [-0.39, 0.29) is 5.78 Å². The van der Waals surface area contributed by atoms with Crippen molar-refractivity contribution in [1.82, 2.24) is 0 Å². The number of methoxy groups -OCH3 is 1. The monoisotopic (exact) mass is 338 g/mol. The van der Waals surface area contributed by atoms with E-state index in [4.69, 9.17) is 4.74 Å². The van der Waals surface area contributed by atoms with Gasteiger partial charge >= 0.3 is 0 Å². The van der Waals surface area contributed by atoms with Gasteiger partial charge in [-0.3, -0.25) is 4.79 Å². The van der Waals surface area contributed by atoms with E-state index in [0.717, 1.165) is 33.2 Å². The molecular formula is C24H18O2. The number of hydrogen-bond donors (Lipinski definition) is 0.